The van der Waals surface area contributed by atoms with Crippen molar-refractivity contribution >= 4 is 0 Å². The summed E-state index contributed by atoms with van der Waals surface area (Å²) in [7, 11) is 1.90. The number of likely N-dealkylation sites (N-methyl/N-ethyl adjacent to an activating group) is 1. The SMILES string of the molecule is CCC(O)C(Cc1ccccc1)NC. The van der Waals surface area contributed by atoms with Crippen LogP contribution < -0.4 is 5.32 Å². The van der Waals surface area contributed by atoms with Gasteiger partial charge in [-0.25, -0.2) is 0 Å². The lowest BCUT2D eigenvalue weighted by Gasteiger charge is -2.21. The van der Waals surface area contributed by atoms with Crippen molar-refractivity contribution < 1.29 is 5.11 Å². The highest BCUT2D eigenvalue weighted by molar-refractivity contribution is 5.16. The summed E-state index contributed by atoms with van der Waals surface area (Å²) in [5.41, 5.74) is 1.26. The molecule has 0 heterocycles. The topological polar surface area (TPSA) is 32.3 Å². The summed E-state index contributed by atoms with van der Waals surface area (Å²) >= 11 is 0. The molecule has 0 aliphatic carbocycles. The minimum absolute atomic E-state index is 0.155. The Morgan fingerprint density at radius 2 is 1.93 bits per heavy atom. The van der Waals surface area contributed by atoms with Gasteiger partial charge in [-0.2, -0.15) is 0 Å². The highest BCUT2D eigenvalue weighted by Gasteiger charge is 2.15. The maximum absolute atomic E-state index is 9.72. The van der Waals surface area contributed by atoms with E-state index in [1.807, 2.05) is 32.2 Å². The summed E-state index contributed by atoms with van der Waals surface area (Å²) in [6.45, 7) is 2.00. The Kier molecular flexibility index (Phi) is 4.63. The predicted molar refractivity (Wildman–Crippen MR) is 59.3 cm³/mol. The molecule has 0 aliphatic rings. The molecule has 2 heteroatoms. The molecule has 2 unspecified atom stereocenters. The van der Waals surface area contributed by atoms with Gasteiger partial charge in [-0.15, -0.1) is 0 Å². The fraction of sp³-hybridized carbons (Fsp3) is 0.500. The van der Waals surface area contributed by atoms with E-state index in [0.29, 0.717) is 0 Å². The second kappa shape index (κ2) is 5.78. The molecule has 1 aromatic rings. The number of nitrogens with one attached hydrogen (secondary N) is 1. The van der Waals surface area contributed by atoms with E-state index in [1.165, 1.54) is 5.56 Å². The van der Waals surface area contributed by atoms with Crippen LogP contribution in [0.2, 0.25) is 0 Å². The Morgan fingerprint density at radius 3 is 2.43 bits per heavy atom. The highest BCUT2D eigenvalue weighted by Crippen LogP contribution is 2.07. The number of hydrogen-bond acceptors (Lipinski definition) is 2. The average Bonchev–Trinajstić information content (AvgIpc) is 2.26. The Balaban J connectivity index is 2.57. The quantitative estimate of drug-likeness (QED) is 0.744. The maximum Gasteiger partial charge on any atom is 0.0693 e. The lowest BCUT2D eigenvalue weighted by atomic mass is 10.00. The first-order valence-corrected chi connectivity index (χ1v) is 5.17. The van der Waals surface area contributed by atoms with Gasteiger partial charge < -0.3 is 10.4 Å². The Bertz CT molecular complexity index is 248. The fourth-order valence-electron chi connectivity index (χ4n) is 1.58. The van der Waals surface area contributed by atoms with Crippen LogP contribution in [0.15, 0.2) is 30.3 Å². The lowest BCUT2D eigenvalue weighted by Crippen LogP contribution is -2.39. The van der Waals surface area contributed by atoms with Gasteiger partial charge in [-0.05, 0) is 25.5 Å². The number of rotatable bonds is 5. The second-order valence-corrected chi connectivity index (χ2v) is 3.56. The molecule has 1 aromatic carbocycles. The van der Waals surface area contributed by atoms with Crippen LogP contribution in [-0.4, -0.2) is 24.3 Å². The van der Waals surface area contributed by atoms with Crippen molar-refractivity contribution in [3.05, 3.63) is 35.9 Å². The summed E-state index contributed by atoms with van der Waals surface area (Å²) in [6, 6.07) is 10.4. The molecule has 0 saturated carbocycles. The summed E-state index contributed by atoms with van der Waals surface area (Å²) in [5, 5.41) is 12.9. The molecule has 2 atom stereocenters. The molecule has 1 rings (SSSR count). The van der Waals surface area contributed by atoms with Gasteiger partial charge >= 0.3 is 0 Å². The van der Waals surface area contributed by atoms with Crippen LogP contribution in [0.25, 0.3) is 0 Å². The molecule has 2 nitrogen and oxygen atoms in total. The predicted octanol–water partition coefficient (Wildman–Crippen LogP) is 1.59. The minimum Gasteiger partial charge on any atom is -0.392 e. The van der Waals surface area contributed by atoms with E-state index in [4.69, 9.17) is 0 Å². The first-order chi connectivity index (χ1) is 6.77. The van der Waals surface area contributed by atoms with Gasteiger partial charge in [0.2, 0.25) is 0 Å². The van der Waals surface area contributed by atoms with Gasteiger partial charge in [-0.1, -0.05) is 37.3 Å². The lowest BCUT2D eigenvalue weighted by molar-refractivity contribution is 0.126. The molecule has 0 amide bonds. The van der Waals surface area contributed by atoms with Gasteiger partial charge in [-0.3, -0.25) is 0 Å². The van der Waals surface area contributed by atoms with Crippen molar-refractivity contribution in [1.82, 2.24) is 5.32 Å². The number of hydrogen-bond donors (Lipinski definition) is 2. The largest absolute Gasteiger partial charge is 0.392 e. The van der Waals surface area contributed by atoms with Crippen LogP contribution in [0.3, 0.4) is 0 Å². The summed E-state index contributed by atoms with van der Waals surface area (Å²) in [5.74, 6) is 0. The molecule has 0 aromatic heterocycles. The van der Waals surface area contributed by atoms with Crippen LogP contribution in [0.4, 0.5) is 0 Å². The molecule has 0 spiro atoms. The molecule has 0 aliphatic heterocycles. The van der Waals surface area contributed by atoms with E-state index in [9.17, 15) is 5.11 Å². The first-order valence-electron chi connectivity index (χ1n) is 5.17. The van der Waals surface area contributed by atoms with Crippen LogP contribution in [0.5, 0.6) is 0 Å². The Hall–Kier alpha value is -0.860. The first kappa shape index (κ1) is 11.2. The highest BCUT2D eigenvalue weighted by atomic mass is 16.3. The van der Waals surface area contributed by atoms with Crippen molar-refractivity contribution in [1.29, 1.82) is 0 Å². The van der Waals surface area contributed by atoms with Crippen LogP contribution in [-0.2, 0) is 6.42 Å². The number of aliphatic hydroxyl groups is 1. The van der Waals surface area contributed by atoms with Crippen LogP contribution in [0, 0.1) is 0 Å². The molecular weight excluding hydrogens is 174 g/mol. The molecule has 0 bridgehead atoms. The third-order valence-corrected chi connectivity index (χ3v) is 2.55. The van der Waals surface area contributed by atoms with Crippen LogP contribution >= 0.6 is 0 Å². The zero-order valence-corrected chi connectivity index (χ0v) is 8.90. The van der Waals surface area contributed by atoms with Gasteiger partial charge in [0.15, 0.2) is 0 Å². The van der Waals surface area contributed by atoms with Gasteiger partial charge in [0, 0.05) is 6.04 Å². The molecule has 78 valence electrons. The van der Waals surface area contributed by atoms with E-state index in [1.54, 1.807) is 0 Å². The molecular formula is C12H19NO. The number of benzene rings is 1. The van der Waals surface area contributed by atoms with E-state index in [2.05, 4.69) is 17.4 Å². The monoisotopic (exact) mass is 193 g/mol. The van der Waals surface area contributed by atoms with Crippen LogP contribution in [0.1, 0.15) is 18.9 Å². The van der Waals surface area contributed by atoms with E-state index in [0.717, 1.165) is 12.8 Å². The fourth-order valence-corrected chi connectivity index (χ4v) is 1.58. The molecule has 0 radical (unpaired) electrons. The summed E-state index contributed by atoms with van der Waals surface area (Å²) in [4.78, 5) is 0. The van der Waals surface area contributed by atoms with Crippen molar-refractivity contribution in [3.8, 4) is 0 Å². The number of aliphatic hydroxyl groups excluding tert-OH is 1. The van der Waals surface area contributed by atoms with E-state index >= 15 is 0 Å². The molecule has 2 N–H and O–H groups in total. The minimum atomic E-state index is -0.264. The Morgan fingerprint density at radius 1 is 1.29 bits per heavy atom. The molecule has 0 saturated heterocycles. The standard InChI is InChI=1S/C12H19NO/c1-3-12(14)11(13-2)9-10-7-5-4-6-8-10/h4-8,11-14H,3,9H2,1-2H3. The van der Waals surface area contributed by atoms with Crippen molar-refractivity contribution in [2.75, 3.05) is 7.05 Å². The molecule has 14 heavy (non-hydrogen) atoms. The average molecular weight is 193 g/mol. The normalized spacial score (nSPS) is 15.1. The van der Waals surface area contributed by atoms with E-state index < -0.39 is 0 Å². The second-order valence-electron chi connectivity index (χ2n) is 3.56. The molecule has 0 fully saturated rings. The Labute approximate surface area is 86.0 Å². The van der Waals surface area contributed by atoms with Gasteiger partial charge in [0.05, 0.1) is 6.10 Å². The third kappa shape index (κ3) is 3.13. The smallest absolute Gasteiger partial charge is 0.0693 e. The zero-order chi connectivity index (χ0) is 10.4. The summed E-state index contributed by atoms with van der Waals surface area (Å²) in [6.07, 6.45) is 1.41. The van der Waals surface area contributed by atoms with Gasteiger partial charge in [0.1, 0.15) is 0 Å². The van der Waals surface area contributed by atoms with Gasteiger partial charge in [0.25, 0.3) is 0 Å². The summed E-state index contributed by atoms with van der Waals surface area (Å²) < 4.78 is 0. The van der Waals surface area contributed by atoms with Crippen molar-refractivity contribution in [2.45, 2.75) is 31.9 Å². The maximum atomic E-state index is 9.72. The van der Waals surface area contributed by atoms with E-state index in [-0.39, 0.29) is 12.1 Å². The zero-order valence-electron chi connectivity index (χ0n) is 8.90. The van der Waals surface area contributed by atoms with Crippen molar-refractivity contribution in [3.63, 3.8) is 0 Å². The third-order valence-electron chi connectivity index (χ3n) is 2.55. The van der Waals surface area contributed by atoms with Crippen molar-refractivity contribution in [2.24, 2.45) is 0 Å².